The van der Waals surface area contributed by atoms with Crippen LogP contribution in [0, 0.1) is 25.2 Å². The molecule has 7 heteroatoms. The molecule has 0 unspecified atom stereocenters. The molecule has 188 valence electrons. The second-order valence-electron chi connectivity index (χ2n) is 11.2. The highest BCUT2D eigenvalue weighted by atomic mass is 16.5. The molecule has 1 spiro atoms. The fraction of sp³-hybridized carbons (Fsp3) is 0.607. The first-order chi connectivity index (χ1) is 16.7. The summed E-state index contributed by atoms with van der Waals surface area (Å²) in [6.07, 6.45) is 4.48. The zero-order valence-corrected chi connectivity index (χ0v) is 21.5. The van der Waals surface area contributed by atoms with Crippen LogP contribution in [0.15, 0.2) is 30.3 Å². The first-order valence-corrected chi connectivity index (χ1v) is 13.0. The predicted octanol–water partition coefficient (Wildman–Crippen LogP) is 4.84. The monoisotopic (exact) mass is 478 g/mol. The smallest absolute Gasteiger partial charge is 0.223 e. The van der Waals surface area contributed by atoms with E-state index in [9.17, 15) is 4.79 Å². The van der Waals surface area contributed by atoms with Crippen molar-refractivity contribution in [2.45, 2.75) is 71.5 Å². The number of anilines is 1. The Morgan fingerprint density at radius 2 is 1.86 bits per heavy atom. The van der Waals surface area contributed by atoms with Crippen LogP contribution < -0.4 is 10.1 Å². The highest BCUT2D eigenvalue weighted by Crippen LogP contribution is 2.55. The van der Waals surface area contributed by atoms with Gasteiger partial charge in [0.25, 0.3) is 0 Å². The van der Waals surface area contributed by atoms with E-state index in [1.54, 1.807) is 0 Å². The molecule has 1 N–H and O–H groups in total. The number of nitrogens with zero attached hydrogens (tertiary/aromatic N) is 3. The summed E-state index contributed by atoms with van der Waals surface area (Å²) in [5.74, 6) is 2.15. The lowest BCUT2D eigenvalue weighted by atomic mass is 9.64. The molecule has 3 aliphatic rings. The first-order valence-electron chi connectivity index (χ1n) is 13.0. The van der Waals surface area contributed by atoms with Crippen LogP contribution in [0.25, 0.3) is 0 Å². The molecule has 5 rings (SSSR count). The van der Waals surface area contributed by atoms with E-state index in [4.69, 9.17) is 9.47 Å². The number of hydrogen-bond donors (Lipinski definition) is 1. The van der Waals surface area contributed by atoms with E-state index in [0.717, 1.165) is 62.5 Å². The standard InChI is InChI=1S/C28H38N4O3/c1-19-16-20(2)31-26(30-19)29-13-7-10-24(33)32-14-11-28(12-15-32)17-22-25(34-18-28)21-8-5-6-9-23(21)35-27(22,3)4/h5-6,8-9,16,22,25H,7,10-15,17-18H2,1-4H3,(H,29,30,31)/t22-,25+/m0/s1. The van der Waals surface area contributed by atoms with Gasteiger partial charge < -0.3 is 19.7 Å². The summed E-state index contributed by atoms with van der Waals surface area (Å²) in [6, 6.07) is 10.2. The number of nitrogens with one attached hydrogen (secondary N) is 1. The topological polar surface area (TPSA) is 76.6 Å². The van der Waals surface area contributed by atoms with E-state index >= 15 is 0 Å². The molecule has 1 aromatic heterocycles. The van der Waals surface area contributed by atoms with Crippen LogP contribution in [0.3, 0.4) is 0 Å². The van der Waals surface area contributed by atoms with E-state index in [0.29, 0.717) is 24.8 Å². The lowest BCUT2D eigenvalue weighted by molar-refractivity contribution is -0.176. The van der Waals surface area contributed by atoms with Crippen LogP contribution in [0.4, 0.5) is 5.95 Å². The summed E-state index contributed by atoms with van der Waals surface area (Å²) < 4.78 is 13.0. The molecular formula is C28H38N4O3. The van der Waals surface area contributed by atoms with Gasteiger partial charge in [-0.05, 0) is 70.9 Å². The van der Waals surface area contributed by atoms with Crippen molar-refractivity contribution in [2.24, 2.45) is 11.3 Å². The van der Waals surface area contributed by atoms with Crippen LogP contribution in [-0.2, 0) is 9.53 Å². The van der Waals surface area contributed by atoms with Crippen molar-refractivity contribution in [3.05, 3.63) is 47.3 Å². The lowest BCUT2D eigenvalue weighted by Gasteiger charge is -2.54. The number of amides is 1. The van der Waals surface area contributed by atoms with Crippen molar-refractivity contribution in [3.63, 3.8) is 0 Å². The molecule has 0 radical (unpaired) electrons. The number of carbonyl (C=O) groups is 1. The summed E-state index contributed by atoms with van der Waals surface area (Å²) in [4.78, 5) is 23.7. The number of carbonyl (C=O) groups excluding carboxylic acids is 1. The molecule has 2 atom stereocenters. The van der Waals surface area contributed by atoms with Crippen LogP contribution in [-0.4, -0.2) is 52.6 Å². The number of likely N-dealkylation sites (tertiary alicyclic amines) is 1. The Morgan fingerprint density at radius 1 is 1.14 bits per heavy atom. The maximum Gasteiger partial charge on any atom is 0.223 e. The lowest BCUT2D eigenvalue weighted by Crippen LogP contribution is -2.54. The predicted molar refractivity (Wildman–Crippen MR) is 135 cm³/mol. The SMILES string of the molecule is Cc1cc(C)nc(NCCCC(=O)N2CCC3(CC2)CO[C@@H]2c4ccccc4OC(C)(C)[C@H]2C3)n1. The fourth-order valence-electron chi connectivity index (χ4n) is 6.08. The summed E-state index contributed by atoms with van der Waals surface area (Å²) in [6.45, 7) is 11.4. The molecule has 7 nitrogen and oxygen atoms in total. The summed E-state index contributed by atoms with van der Waals surface area (Å²) >= 11 is 0. The molecule has 4 heterocycles. The first kappa shape index (κ1) is 24.0. The van der Waals surface area contributed by atoms with Crippen LogP contribution in [0.1, 0.15) is 69.0 Å². The average Bonchev–Trinajstić information content (AvgIpc) is 2.82. The number of para-hydroxylation sites is 1. The van der Waals surface area contributed by atoms with Gasteiger partial charge in [0.2, 0.25) is 11.9 Å². The Kier molecular flexibility index (Phi) is 6.47. The second kappa shape index (κ2) is 9.41. The molecule has 0 aliphatic carbocycles. The van der Waals surface area contributed by atoms with Crippen molar-refractivity contribution in [2.75, 3.05) is 31.6 Å². The second-order valence-corrected chi connectivity index (χ2v) is 11.2. The van der Waals surface area contributed by atoms with E-state index in [-0.39, 0.29) is 23.0 Å². The number of benzene rings is 1. The third-order valence-electron chi connectivity index (χ3n) is 8.09. The van der Waals surface area contributed by atoms with Crippen LogP contribution in [0.2, 0.25) is 0 Å². The molecule has 2 saturated heterocycles. The number of hydrogen-bond acceptors (Lipinski definition) is 6. The molecule has 35 heavy (non-hydrogen) atoms. The van der Waals surface area contributed by atoms with Crippen molar-refractivity contribution >= 4 is 11.9 Å². The van der Waals surface area contributed by atoms with Crippen LogP contribution in [0.5, 0.6) is 5.75 Å². The van der Waals surface area contributed by atoms with Gasteiger partial charge in [0.15, 0.2) is 0 Å². The molecule has 1 aromatic carbocycles. The maximum atomic E-state index is 12.9. The number of rotatable bonds is 5. The Morgan fingerprint density at radius 3 is 2.60 bits per heavy atom. The zero-order chi connectivity index (χ0) is 24.6. The van der Waals surface area contributed by atoms with Crippen molar-refractivity contribution in [3.8, 4) is 5.75 Å². The molecule has 0 saturated carbocycles. The Balaban J connectivity index is 1.12. The van der Waals surface area contributed by atoms with Crippen molar-refractivity contribution < 1.29 is 14.3 Å². The summed E-state index contributed by atoms with van der Waals surface area (Å²) in [5, 5.41) is 3.25. The molecular weight excluding hydrogens is 440 g/mol. The number of aryl methyl sites for hydroxylation is 2. The van der Waals surface area contributed by atoms with Gasteiger partial charge in [-0.15, -0.1) is 0 Å². The molecule has 0 bridgehead atoms. The highest BCUT2D eigenvalue weighted by Gasteiger charge is 2.52. The number of piperidine rings is 1. The minimum Gasteiger partial charge on any atom is -0.487 e. The minimum atomic E-state index is -0.272. The largest absolute Gasteiger partial charge is 0.487 e. The van der Waals surface area contributed by atoms with E-state index in [1.165, 1.54) is 5.56 Å². The zero-order valence-electron chi connectivity index (χ0n) is 21.5. The average molecular weight is 479 g/mol. The van der Waals surface area contributed by atoms with Gasteiger partial charge in [0.05, 0.1) is 12.7 Å². The number of ether oxygens (including phenoxy) is 2. The van der Waals surface area contributed by atoms with E-state index < -0.39 is 0 Å². The third kappa shape index (κ3) is 5.01. The molecule has 2 fully saturated rings. The van der Waals surface area contributed by atoms with Gasteiger partial charge in [-0.25, -0.2) is 9.97 Å². The number of fused-ring (bicyclic) bond motifs is 3. The van der Waals surface area contributed by atoms with Gasteiger partial charge in [-0.3, -0.25) is 4.79 Å². The minimum absolute atomic E-state index is 0.0916. The maximum absolute atomic E-state index is 12.9. The Hall–Kier alpha value is -2.67. The number of aromatic nitrogens is 2. The van der Waals surface area contributed by atoms with E-state index in [2.05, 4.69) is 47.3 Å². The molecule has 3 aliphatic heterocycles. The van der Waals surface area contributed by atoms with Crippen molar-refractivity contribution in [1.82, 2.24) is 14.9 Å². The highest BCUT2D eigenvalue weighted by molar-refractivity contribution is 5.76. The van der Waals surface area contributed by atoms with Crippen LogP contribution >= 0.6 is 0 Å². The van der Waals surface area contributed by atoms with Gasteiger partial charge in [0, 0.05) is 48.9 Å². The van der Waals surface area contributed by atoms with Gasteiger partial charge in [-0.2, -0.15) is 0 Å². The quantitative estimate of drug-likeness (QED) is 0.620. The van der Waals surface area contributed by atoms with Gasteiger partial charge in [-0.1, -0.05) is 18.2 Å². The normalized spacial score (nSPS) is 24.3. The van der Waals surface area contributed by atoms with E-state index in [1.807, 2.05) is 30.9 Å². The molecule has 2 aromatic rings. The van der Waals surface area contributed by atoms with Gasteiger partial charge >= 0.3 is 0 Å². The van der Waals surface area contributed by atoms with Crippen molar-refractivity contribution in [1.29, 1.82) is 0 Å². The Labute approximate surface area is 208 Å². The third-order valence-corrected chi connectivity index (χ3v) is 8.09. The summed E-state index contributed by atoms with van der Waals surface area (Å²) in [7, 11) is 0. The summed E-state index contributed by atoms with van der Waals surface area (Å²) in [5.41, 5.74) is 2.94. The molecule has 1 amide bonds. The van der Waals surface area contributed by atoms with Gasteiger partial charge in [0.1, 0.15) is 11.4 Å². The fourth-order valence-corrected chi connectivity index (χ4v) is 6.08. The Bertz CT molecular complexity index is 1060.